The molecule has 1 atom stereocenters. The van der Waals surface area contributed by atoms with Gasteiger partial charge in [-0.05, 0) is 24.5 Å². The molecule has 0 amide bonds. The molecule has 3 nitrogen and oxygen atoms in total. The molecule has 2 aromatic heterocycles. The summed E-state index contributed by atoms with van der Waals surface area (Å²) in [7, 11) is 0. The number of hydrogen-bond donors (Lipinski definition) is 1. The van der Waals surface area contributed by atoms with Crippen LogP contribution in [0.15, 0.2) is 30.6 Å². The summed E-state index contributed by atoms with van der Waals surface area (Å²) in [6.07, 6.45) is 4.11. The smallest absolute Gasteiger partial charge is 0.137 e. The minimum atomic E-state index is 0.277. The quantitative estimate of drug-likeness (QED) is 0.880. The SMILES string of the molecule is CC(NCc1cn2ccccc2n1)C(C)(C)C. The molecule has 0 aromatic carbocycles. The van der Waals surface area contributed by atoms with Crippen LogP contribution in [0.5, 0.6) is 0 Å². The van der Waals surface area contributed by atoms with Crippen LogP contribution in [0.4, 0.5) is 0 Å². The van der Waals surface area contributed by atoms with Crippen LogP contribution >= 0.6 is 0 Å². The summed E-state index contributed by atoms with van der Waals surface area (Å²) < 4.78 is 2.05. The number of pyridine rings is 1. The molecule has 0 fully saturated rings. The summed E-state index contributed by atoms with van der Waals surface area (Å²) in [4.78, 5) is 4.57. The maximum Gasteiger partial charge on any atom is 0.137 e. The highest BCUT2D eigenvalue weighted by molar-refractivity contribution is 5.39. The predicted octanol–water partition coefficient (Wildman–Crippen LogP) is 2.86. The van der Waals surface area contributed by atoms with E-state index in [4.69, 9.17) is 0 Å². The lowest BCUT2D eigenvalue weighted by molar-refractivity contribution is 0.284. The average Bonchev–Trinajstić information content (AvgIpc) is 2.66. The summed E-state index contributed by atoms with van der Waals surface area (Å²) in [6.45, 7) is 9.77. The maximum atomic E-state index is 4.57. The fourth-order valence-electron chi connectivity index (χ4n) is 1.64. The van der Waals surface area contributed by atoms with Crippen LogP contribution in [0.25, 0.3) is 5.65 Å². The molecule has 1 unspecified atom stereocenters. The molecule has 1 N–H and O–H groups in total. The van der Waals surface area contributed by atoms with Crippen molar-refractivity contribution >= 4 is 5.65 Å². The molecule has 2 rings (SSSR count). The minimum absolute atomic E-state index is 0.277. The van der Waals surface area contributed by atoms with Gasteiger partial charge in [0.25, 0.3) is 0 Å². The summed E-state index contributed by atoms with van der Waals surface area (Å²) in [5.41, 5.74) is 2.37. The van der Waals surface area contributed by atoms with Crippen LogP contribution in [-0.2, 0) is 6.54 Å². The van der Waals surface area contributed by atoms with E-state index in [1.807, 2.05) is 24.4 Å². The Labute approximate surface area is 103 Å². The number of rotatable bonds is 3. The number of fused-ring (bicyclic) bond motifs is 1. The van der Waals surface area contributed by atoms with Crippen LogP contribution < -0.4 is 5.32 Å². The van der Waals surface area contributed by atoms with Gasteiger partial charge >= 0.3 is 0 Å². The van der Waals surface area contributed by atoms with E-state index in [0.717, 1.165) is 17.9 Å². The van der Waals surface area contributed by atoms with Crippen molar-refractivity contribution in [2.75, 3.05) is 0 Å². The van der Waals surface area contributed by atoms with Crippen molar-refractivity contribution < 1.29 is 0 Å². The Kier molecular flexibility index (Phi) is 3.20. The number of nitrogens with one attached hydrogen (secondary N) is 1. The third-order valence-corrected chi connectivity index (χ3v) is 3.30. The van der Waals surface area contributed by atoms with Crippen molar-refractivity contribution in [1.82, 2.24) is 14.7 Å². The highest BCUT2D eigenvalue weighted by atomic mass is 15.0. The van der Waals surface area contributed by atoms with Gasteiger partial charge in [0, 0.05) is 25.0 Å². The first-order valence-corrected chi connectivity index (χ1v) is 6.13. The van der Waals surface area contributed by atoms with Crippen LogP contribution in [0.2, 0.25) is 0 Å². The molecule has 0 aliphatic rings. The van der Waals surface area contributed by atoms with Crippen molar-refractivity contribution in [1.29, 1.82) is 0 Å². The van der Waals surface area contributed by atoms with Crippen molar-refractivity contribution in [3.8, 4) is 0 Å². The van der Waals surface area contributed by atoms with Crippen LogP contribution in [0.3, 0.4) is 0 Å². The van der Waals surface area contributed by atoms with Gasteiger partial charge in [0.1, 0.15) is 5.65 Å². The Balaban J connectivity index is 2.04. The Hall–Kier alpha value is -1.35. The standard InChI is InChI=1S/C14H21N3/c1-11(14(2,3)4)15-9-12-10-17-8-6-5-7-13(17)16-12/h5-8,10-11,15H,9H2,1-4H3. The molecule has 17 heavy (non-hydrogen) atoms. The monoisotopic (exact) mass is 231 g/mol. The van der Waals surface area contributed by atoms with Gasteiger partial charge in [-0.1, -0.05) is 26.8 Å². The van der Waals surface area contributed by atoms with E-state index in [9.17, 15) is 0 Å². The molecule has 0 saturated carbocycles. The van der Waals surface area contributed by atoms with Crippen LogP contribution in [0.1, 0.15) is 33.4 Å². The van der Waals surface area contributed by atoms with Crippen LogP contribution in [0, 0.1) is 5.41 Å². The highest BCUT2D eigenvalue weighted by Crippen LogP contribution is 2.18. The third kappa shape index (κ3) is 2.86. The largest absolute Gasteiger partial charge is 0.308 e. The zero-order chi connectivity index (χ0) is 12.5. The van der Waals surface area contributed by atoms with Gasteiger partial charge < -0.3 is 9.72 Å². The Morgan fingerprint density at radius 3 is 2.76 bits per heavy atom. The van der Waals surface area contributed by atoms with Gasteiger partial charge in [-0.2, -0.15) is 0 Å². The van der Waals surface area contributed by atoms with Crippen LogP contribution in [-0.4, -0.2) is 15.4 Å². The van der Waals surface area contributed by atoms with Crippen molar-refractivity contribution in [3.63, 3.8) is 0 Å². The van der Waals surface area contributed by atoms with E-state index in [0.29, 0.717) is 6.04 Å². The normalized spacial score (nSPS) is 14.1. The van der Waals surface area contributed by atoms with Crippen molar-refractivity contribution in [3.05, 3.63) is 36.3 Å². The second-order valence-electron chi connectivity index (χ2n) is 5.67. The van der Waals surface area contributed by atoms with E-state index in [2.05, 4.69) is 48.6 Å². The molecule has 0 radical (unpaired) electrons. The van der Waals surface area contributed by atoms with Crippen molar-refractivity contribution in [2.45, 2.75) is 40.3 Å². The third-order valence-electron chi connectivity index (χ3n) is 3.30. The first kappa shape index (κ1) is 12.1. The fraction of sp³-hybridized carbons (Fsp3) is 0.500. The molecule has 2 heterocycles. The zero-order valence-electron chi connectivity index (χ0n) is 11.1. The summed E-state index contributed by atoms with van der Waals surface area (Å²) in [6, 6.07) is 6.52. The van der Waals surface area contributed by atoms with Crippen molar-refractivity contribution in [2.24, 2.45) is 5.41 Å². The second kappa shape index (κ2) is 4.49. The van der Waals surface area contributed by atoms with Gasteiger partial charge in [-0.15, -0.1) is 0 Å². The maximum absolute atomic E-state index is 4.57. The van der Waals surface area contributed by atoms with E-state index < -0.39 is 0 Å². The molecule has 92 valence electrons. The van der Waals surface area contributed by atoms with E-state index in [-0.39, 0.29) is 5.41 Å². The van der Waals surface area contributed by atoms with E-state index in [1.165, 1.54) is 0 Å². The Bertz CT molecular complexity index is 460. The average molecular weight is 231 g/mol. The molecule has 3 heteroatoms. The lowest BCUT2D eigenvalue weighted by atomic mass is 9.88. The fourth-order valence-corrected chi connectivity index (χ4v) is 1.64. The topological polar surface area (TPSA) is 29.3 Å². The first-order chi connectivity index (χ1) is 7.97. The summed E-state index contributed by atoms with van der Waals surface area (Å²) >= 11 is 0. The van der Waals surface area contributed by atoms with Gasteiger partial charge in [0.05, 0.1) is 5.69 Å². The first-order valence-electron chi connectivity index (χ1n) is 6.13. The number of hydrogen-bond acceptors (Lipinski definition) is 2. The summed E-state index contributed by atoms with van der Waals surface area (Å²) in [5.74, 6) is 0. The molecule has 2 aromatic rings. The van der Waals surface area contributed by atoms with E-state index in [1.54, 1.807) is 0 Å². The lowest BCUT2D eigenvalue weighted by Crippen LogP contribution is -2.37. The van der Waals surface area contributed by atoms with E-state index >= 15 is 0 Å². The summed E-state index contributed by atoms with van der Waals surface area (Å²) in [5, 5.41) is 3.52. The molecule has 0 aliphatic heterocycles. The Morgan fingerprint density at radius 1 is 1.35 bits per heavy atom. The highest BCUT2D eigenvalue weighted by Gasteiger charge is 2.19. The number of imidazole rings is 1. The Morgan fingerprint density at radius 2 is 2.12 bits per heavy atom. The second-order valence-corrected chi connectivity index (χ2v) is 5.67. The van der Waals surface area contributed by atoms with Gasteiger partial charge in [-0.3, -0.25) is 0 Å². The molecule has 0 saturated heterocycles. The zero-order valence-corrected chi connectivity index (χ0v) is 11.1. The number of nitrogens with zero attached hydrogens (tertiary/aromatic N) is 2. The molecule has 0 bridgehead atoms. The number of aromatic nitrogens is 2. The molecular weight excluding hydrogens is 210 g/mol. The van der Waals surface area contributed by atoms with Gasteiger partial charge in [0.15, 0.2) is 0 Å². The predicted molar refractivity (Wildman–Crippen MR) is 70.9 cm³/mol. The van der Waals surface area contributed by atoms with Gasteiger partial charge in [-0.25, -0.2) is 4.98 Å². The molecular formula is C14H21N3. The van der Waals surface area contributed by atoms with Gasteiger partial charge in [0.2, 0.25) is 0 Å². The molecule has 0 aliphatic carbocycles. The minimum Gasteiger partial charge on any atom is -0.308 e. The lowest BCUT2D eigenvalue weighted by Gasteiger charge is -2.27. The molecule has 0 spiro atoms.